The quantitative estimate of drug-likeness (QED) is 0.656. The van der Waals surface area contributed by atoms with Gasteiger partial charge in [-0.2, -0.15) is 0 Å². The molecule has 1 aromatic rings. The Morgan fingerprint density at radius 2 is 1.88 bits per heavy atom. The van der Waals surface area contributed by atoms with Crippen molar-refractivity contribution in [2.75, 3.05) is 33.7 Å². The van der Waals surface area contributed by atoms with Gasteiger partial charge in [0.1, 0.15) is 0 Å². The number of aliphatic imine (C=N–C) groups is 1. The maximum absolute atomic E-state index is 5.00. The third-order valence-corrected chi connectivity index (χ3v) is 5.74. The molecule has 138 valence electrons. The van der Waals surface area contributed by atoms with Crippen molar-refractivity contribution in [2.24, 2.45) is 10.4 Å². The van der Waals surface area contributed by atoms with Gasteiger partial charge in [0.15, 0.2) is 5.96 Å². The van der Waals surface area contributed by atoms with Crippen LogP contribution in [0.3, 0.4) is 0 Å². The Labute approximate surface area is 153 Å². The number of nitrogens with zero attached hydrogens (tertiary/aromatic N) is 3. The van der Waals surface area contributed by atoms with Crippen molar-refractivity contribution in [1.82, 2.24) is 15.1 Å². The molecule has 2 fully saturated rings. The van der Waals surface area contributed by atoms with E-state index in [2.05, 4.69) is 60.4 Å². The van der Waals surface area contributed by atoms with Gasteiger partial charge in [0.2, 0.25) is 0 Å². The highest BCUT2D eigenvalue weighted by Gasteiger charge is 2.41. The highest BCUT2D eigenvalue weighted by molar-refractivity contribution is 5.80. The van der Waals surface area contributed by atoms with E-state index in [9.17, 15) is 0 Å². The Morgan fingerprint density at radius 1 is 1.16 bits per heavy atom. The summed E-state index contributed by atoms with van der Waals surface area (Å²) >= 11 is 0. The summed E-state index contributed by atoms with van der Waals surface area (Å²) in [6.07, 6.45) is 7.00. The second kappa shape index (κ2) is 8.22. The van der Waals surface area contributed by atoms with Crippen LogP contribution in [-0.4, -0.2) is 49.5 Å². The van der Waals surface area contributed by atoms with Crippen LogP contribution in [0.25, 0.3) is 0 Å². The van der Waals surface area contributed by atoms with Crippen molar-refractivity contribution < 1.29 is 0 Å². The average molecular weight is 343 g/mol. The fraction of sp³-hybridized carbons (Fsp3) is 0.667. The lowest BCUT2D eigenvalue weighted by Gasteiger charge is -2.26. The lowest BCUT2D eigenvalue weighted by Crippen LogP contribution is -2.41. The fourth-order valence-electron chi connectivity index (χ4n) is 4.44. The number of guanidine groups is 1. The molecule has 0 aromatic heterocycles. The topological polar surface area (TPSA) is 30.9 Å². The van der Waals surface area contributed by atoms with Crippen molar-refractivity contribution in [2.45, 2.75) is 52.1 Å². The van der Waals surface area contributed by atoms with Gasteiger partial charge >= 0.3 is 0 Å². The van der Waals surface area contributed by atoms with Gasteiger partial charge < -0.3 is 15.1 Å². The number of nitrogens with one attached hydrogen (secondary N) is 1. The number of hydrogen-bond donors (Lipinski definition) is 1. The second-order valence-electron chi connectivity index (χ2n) is 8.06. The van der Waals surface area contributed by atoms with Crippen molar-refractivity contribution in [1.29, 1.82) is 0 Å². The molecule has 0 atom stereocenters. The summed E-state index contributed by atoms with van der Waals surface area (Å²) in [6.45, 7) is 7.17. The summed E-state index contributed by atoms with van der Waals surface area (Å²) < 4.78 is 0. The molecule has 1 aliphatic carbocycles. The van der Waals surface area contributed by atoms with E-state index in [1.807, 2.05) is 0 Å². The van der Waals surface area contributed by atoms with E-state index in [0.29, 0.717) is 5.41 Å². The summed E-state index contributed by atoms with van der Waals surface area (Å²) in [7, 11) is 4.24. The van der Waals surface area contributed by atoms with Gasteiger partial charge in [0.05, 0.1) is 6.54 Å². The normalized spacial score (nSPS) is 20.0. The van der Waals surface area contributed by atoms with Crippen LogP contribution < -0.4 is 5.32 Å². The number of rotatable bonds is 5. The molecular formula is C21H34N4. The molecule has 0 radical (unpaired) electrons. The second-order valence-corrected chi connectivity index (χ2v) is 8.06. The Morgan fingerprint density at radius 3 is 2.56 bits per heavy atom. The molecule has 1 N–H and O–H groups in total. The minimum Gasteiger partial charge on any atom is -0.357 e. The molecule has 3 rings (SSSR count). The first-order chi connectivity index (χ1) is 12.1. The maximum atomic E-state index is 5.00. The van der Waals surface area contributed by atoms with Crippen molar-refractivity contribution in [3.63, 3.8) is 0 Å². The Hall–Kier alpha value is -1.55. The van der Waals surface area contributed by atoms with Gasteiger partial charge in [-0.15, -0.1) is 0 Å². The Balaban J connectivity index is 1.71. The van der Waals surface area contributed by atoms with Crippen LogP contribution in [0.4, 0.5) is 0 Å². The lowest BCUT2D eigenvalue weighted by atomic mass is 9.86. The van der Waals surface area contributed by atoms with Crippen LogP contribution in [0, 0.1) is 5.41 Å². The molecule has 1 aromatic carbocycles. The highest BCUT2D eigenvalue weighted by atomic mass is 15.3. The molecule has 1 saturated carbocycles. The average Bonchev–Trinajstić information content (AvgIpc) is 3.22. The van der Waals surface area contributed by atoms with Gasteiger partial charge in [-0.05, 0) is 56.8 Å². The van der Waals surface area contributed by atoms with Crippen molar-refractivity contribution in [3.05, 3.63) is 35.4 Å². The largest absolute Gasteiger partial charge is 0.357 e. The molecule has 0 amide bonds. The van der Waals surface area contributed by atoms with Crippen LogP contribution in [0.2, 0.25) is 0 Å². The molecule has 2 aliphatic rings. The van der Waals surface area contributed by atoms with E-state index >= 15 is 0 Å². The zero-order valence-electron chi connectivity index (χ0n) is 16.2. The molecular weight excluding hydrogens is 308 g/mol. The Kier molecular flexibility index (Phi) is 6.00. The van der Waals surface area contributed by atoms with Crippen LogP contribution in [-0.2, 0) is 13.1 Å². The zero-order valence-corrected chi connectivity index (χ0v) is 16.2. The lowest BCUT2D eigenvalue weighted by molar-refractivity contribution is 0.309. The number of hydrogen-bond acceptors (Lipinski definition) is 2. The minimum absolute atomic E-state index is 0.582. The number of benzene rings is 1. The molecule has 1 aliphatic heterocycles. The van der Waals surface area contributed by atoms with Gasteiger partial charge in [-0.25, -0.2) is 4.99 Å². The molecule has 1 heterocycles. The van der Waals surface area contributed by atoms with Gasteiger partial charge in [-0.3, -0.25) is 0 Å². The fourth-order valence-corrected chi connectivity index (χ4v) is 4.44. The molecule has 0 unspecified atom stereocenters. The van der Waals surface area contributed by atoms with E-state index in [1.54, 1.807) is 0 Å². The zero-order chi connectivity index (χ0) is 17.7. The number of likely N-dealkylation sites (tertiary alicyclic amines) is 1. The SMILES string of the molecule is CCNC(=NCc1ccccc1CN(C)C)N1CCC2(CCCC2)C1. The van der Waals surface area contributed by atoms with E-state index in [-0.39, 0.29) is 0 Å². The predicted molar refractivity (Wildman–Crippen MR) is 106 cm³/mol. The van der Waals surface area contributed by atoms with Crippen LogP contribution in [0.5, 0.6) is 0 Å². The van der Waals surface area contributed by atoms with E-state index in [0.717, 1.165) is 32.1 Å². The monoisotopic (exact) mass is 342 g/mol. The molecule has 1 spiro atoms. The highest BCUT2D eigenvalue weighted by Crippen LogP contribution is 2.45. The first kappa shape index (κ1) is 18.2. The first-order valence-corrected chi connectivity index (χ1v) is 9.87. The van der Waals surface area contributed by atoms with E-state index < -0.39 is 0 Å². The summed E-state index contributed by atoms with van der Waals surface area (Å²) in [5.41, 5.74) is 3.29. The molecule has 1 saturated heterocycles. The van der Waals surface area contributed by atoms with E-state index in [1.165, 1.54) is 49.8 Å². The summed E-state index contributed by atoms with van der Waals surface area (Å²) in [6, 6.07) is 8.69. The van der Waals surface area contributed by atoms with Crippen molar-refractivity contribution >= 4 is 5.96 Å². The molecule has 4 heteroatoms. The van der Waals surface area contributed by atoms with Crippen LogP contribution >= 0.6 is 0 Å². The summed E-state index contributed by atoms with van der Waals surface area (Å²) in [5, 5.41) is 3.53. The summed E-state index contributed by atoms with van der Waals surface area (Å²) in [4.78, 5) is 9.72. The summed E-state index contributed by atoms with van der Waals surface area (Å²) in [5.74, 6) is 1.10. The third-order valence-electron chi connectivity index (χ3n) is 5.74. The first-order valence-electron chi connectivity index (χ1n) is 9.87. The van der Waals surface area contributed by atoms with Gasteiger partial charge in [0, 0.05) is 26.2 Å². The maximum Gasteiger partial charge on any atom is 0.194 e. The van der Waals surface area contributed by atoms with E-state index in [4.69, 9.17) is 4.99 Å². The standard InChI is InChI=1S/C21H34N4/c1-4-22-20(25-14-13-21(17-25)11-7-8-12-21)23-15-18-9-5-6-10-19(18)16-24(2)3/h5-6,9-10H,4,7-8,11-17H2,1-3H3,(H,22,23). The van der Waals surface area contributed by atoms with Gasteiger partial charge in [-0.1, -0.05) is 37.1 Å². The minimum atomic E-state index is 0.582. The van der Waals surface area contributed by atoms with Crippen molar-refractivity contribution in [3.8, 4) is 0 Å². The third kappa shape index (κ3) is 4.55. The smallest absolute Gasteiger partial charge is 0.194 e. The molecule has 25 heavy (non-hydrogen) atoms. The Bertz CT molecular complexity index is 587. The molecule has 0 bridgehead atoms. The predicted octanol–water partition coefficient (Wildman–Crippen LogP) is 3.48. The van der Waals surface area contributed by atoms with Gasteiger partial charge in [0.25, 0.3) is 0 Å². The molecule has 4 nitrogen and oxygen atoms in total. The van der Waals surface area contributed by atoms with Crippen LogP contribution in [0.15, 0.2) is 29.3 Å². The van der Waals surface area contributed by atoms with Crippen LogP contribution in [0.1, 0.15) is 50.2 Å².